The van der Waals surface area contributed by atoms with Gasteiger partial charge in [0.05, 0.1) is 0 Å². The van der Waals surface area contributed by atoms with Crippen molar-refractivity contribution in [1.82, 2.24) is 10.2 Å². The van der Waals surface area contributed by atoms with Gasteiger partial charge in [-0.05, 0) is 53.2 Å². The zero-order valence-electron chi connectivity index (χ0n) is 15.2. The summed E-state index contributed by atoms with van der Waals surface area (Å²) in [5, 5.41) is 3.61. The van der Waals surface area contributed by atoms with Gasteiger partial charge >= 0.3 is 0 Å². The standard InChI is InChI=1S/C19H40N2/c1-5-6-7-8-9-10-12-15-18(20-4)19(2,3)21-16-13-11-14-17-21/h18,20H,5-17H2,1-4H3. The van der Waals surface area contributed by atoms with Crippen LogP contribution in [0.15, 0.2) is 0 Å². The maximum atomic E-state index is 3.61. The van der Waals surface area contributed by atoms with Gasteiger partial charge in [-0.15, -0.1) is 0 Å². The van der Waals surface area contributed by atoms with E-state index in [1.165, 1.54) is 83.7 Å². The molecule has 0 saturated carbocycles. The summed E-state index contributed by atoms with van der Waals surface area (Å²) in [6.45, 7) is 9.77. The van der Waals surface area contributed by atoms with Crippen molar-refractivity contribution in [2.75, 3.05) is 20.1 Å². The highest BCUT2D eigenvalue weighted by atomic mass is 15.2. The van der Waals surface area contributed by atoms with Crippen molar-refractivity contribution in [2.45, 2.75) is 103 Å². The van der Waals surface area contributed by atoms with Gasteiger partial charge < -0.3 is 5.32 Å². The van der Waals surface area contributed by atoms with E-state index in [1.807, 2.05) is 0 Å². The summed E-state index contributed by atoms with van der Waals surface area (Å²) in [5.41, 5.74) is 0.303. The van der Waals surface area contributed by atoms with Crippen LogP contribution in [0.1, 0.15) is 91.4 Å². The van der Waals surface area contributed by atoms with Crippen molar-refractivity contribution in [2.24, 2.45) is 0 Å². The summed E-state index contributed by atoms with van der Waals surface area (Å²) in [6.07, 6.45) is 15.4. The number of piperidine rings is 1. The van der Waals surface area contributed by atoms with Gasteiger partial charge in [0.1, 0.15) is 0 Å². The van der Waals surface area contributed by atoms with Gasteiger partial charge in [-0.3, -0.25) is 4.90 Å². The molecular formula is C19H40N2. The van der Waals surface area contributed by atoms with E-state index in [0.717, 1.165) is 0 Å². The van der Waals surface area contributed by atoms with Crippen LogP contribution in [0.5, 0.6) is 0 Å². The molecule has 2 nitrogen and oxygen atoms in total. The summed E-state index contributed by atoms with van der Waals surface area (Å²) in [7, 11) is 2.15. The highest BCUT2D eigenvalue weighted by Crippen LogP contribution is 2.26. The molecular weight excluding hydrogens is 256 g/mol. The monoisotopic (exact) mass is 296 g/mol. The lowest BCUT2D eigenvalue weighted by atomic mass is 9.86. The van der Waals surface area contributed by atoms with Crippen LogP contribution in [0.3, 0.4) is 0 Å². The first-order valence-corrected chi connectivity index (χ1v) is 9.55. The Labute approximate surface area is 134 Å². The molecule has 1 N–H and O–H groups in total. The van der Waals surface area contributed by atoms with Crippen molar-refractivity contribution in [1.29, 1.82) is 0 Å². The summed E-state index contributed by atoms with van der Waals surface area (Å²) < 4.78 is 0. The molecule has 1 aliphatic rings. The van der Waals surface area contributed by atoms with Gasteiger partial charge in [0, 0.05) is 11.6 Å². The molecule has 1 atom stereocenters. The van der Waals surface area contributed by atoms with E-state index in [9.17, 15) is 0 Å². The van der Waals surface area contributed by atoms with Crippen LogP contribution in [0.25, 0.3) is 0 Å². The minimum absolute atomic E-state index is 0.303. The fourth-order valence-corrected chi connectivity index (χ4v) is 3.85. The summed E-state index contributed by atoms with van der Waals surface area (Å²) in [4.78, 5) is 2.72. The van der Waals surface area contributed by atoms with E-state index in [-0.39, 0.29) is 0 Å². The van der Waals surface area contributed by atoms with Gasteiger partial charge in [-0.25, -0.2) is 0 Å². The molecule has 0 spiro atoms. The van der Waals surface area contributed by atoms with Crippen molar-refractivity contribution >= 4 is 0 Å². The number of hydrogen-bond donors (Lipinski definition) is 1. The maximum Gasteiger partial charge on any atom is 0.0306 e. The van der Waals surface area contributed by atoms with Gasteiger partial charge in [-0.1, -0.05) is 58.3 Å². The van der Waals surface area contributed by atoms with E-state index in [2.05, 4.69) is 38.0 Å². The van der Waals surface area contributed by atoms with Gasteiger partial charge in [-0.2, -0.15) is 0 Å². The SMILES string of the molecule is CCCCCCCCCC(NC)C(C)(C)N1CCCCC1. The smallest absolute Gasteiger partial charge is 0.0306 e. The topological polar surface area (TPSA) is 15.3 Å². The van der Waals surface area contributed by atoms with Crippen molar-refractivity contribution in [3.8, 4) is 0 Å². The normalized spacial score (nSPS) is 18.9. The quantitative estimate of drug-likeness (QED) is 0.541. The number of hydrogen-bond acceptors (Lipinski definition) is 2. The molecule has 2 heteroatoms. The molecule has 1 unspecified atom stereocenters. The fraction of sp³-hybridized carbons (Fsp3) is 1.00. The van der Waals surface area contributed by atoms with Gasteiger partial charge in [0.25, 0.3) is 0 Å². The molecule has 1 rings (SSSR count). The third-order valence-electron chi connectivity index (χ3n) is 5.47. The Morgan fingerprint density at radius 1 is 0.905 bits per heavy atom. The molecule has 0 aromatic carbocycles. The van der Waals surface area contributed by atoms with E-state index in [4.69, 9.17) is 0 Å². The van der Waals surface area contributed by atoms with E-state index >= 15 is 0 Å². The molecule has 0 aromatic rings. The number of likely N-dealkylation sites (tertiary alicyclic amines) is 1. The molecule has 0 aromatic heterocycles. The molecule has 0 aliphatic carbocycles. The van der Waals surface area contributed by atoms with Crippen LogP contribution in [0.2, 0.25) is 0 Å². The molecule has 1 aliphatic heterocycles. The molecule has 0 bridgehead atoms. The van der Waals surface area contributed by atoms with Crippen LogP contribution < -0.4 is 5.32 Å². The number of unbranched alkanes of at least 4 members (excludes halogenated alkanes) is 6. The van der Waals surface area contributed by atoms with Crippen LogP contribution in [-0.2, 0) is 0 Å². The lowest BCUT2D eigenvalue weighted by molar-refractivity contribution is 0.0598. The van der Waals surface area contributed by atoms with Crippen molar-refractivity contribution in [3.63, 3.8) is 0 Å². The second-order valence-electron chi connectivity index (χ2n) is 7.45. The number of nitrogens with zero attached hydrogens (tertiary/aromatic N) is 1. The maximum absolute atomic E-state index is 3.61. The first-order valence-electron chi connectivity index (χ1n) is 9.55. The molecule has 1 saturated heterocycles. The molecule has 126 valence electrons. The van der Waals surface area contributed by atoms with Crippen molar-refractivity contribution in [3.05, 3.63) is 0 Å². The zero-order valence-corrected chi connectivity index (χ0v) is 15.2. The average Bonchev–Trinajstić information content (AvgIpc) is 2.50. The molecule has 1 fully saturated rings. The Balaban J connectivity index is 2.25. The molecule has 0 amide bonds. The van der Waals surface area contributed by atoms with Crippen LogP contribution in [0.4, 0.5) is 0 Å². The Morgan fingerprint density at radius 2 is 1.48 bits per heavy atom. The minimum atomic E-state index is 0.303. The highest BCUT2D eigenvalue weighted by Gasteiger charge is 2.34. The van der Waals surface area contributed by atoms with Crippen LogP contribution in [0, 0.1) is 0 Å². The number of likely N-dealkylation sites (N-methyl/N-ethyl adjacent to an activating group) is 1. The summed E-state index contributed by atoms with van der Waals surface area (Å²) in [6, 6.07) is 0.631. The lowest BCUT2D eigenvalue weighted by Crippen LogP contribution is -2.58. The van der Waals surface area contributed by atoms with Crippen LogP contribution >= 0.6 is 0 Å². The second-order valence-corrected chi connectivity index (χ2v) is 7.45. The van der Waals surface area contributed by atoms with E-state index in [1.54, 1.807) is 0 Å². The third-order valence-corrected chi connectivity index (χ3v) is 5.47. The largest absolute Gasteiger partial charge is 0.315 e. The predicted octanol–water partition coefficient (Wildman–Crippen LogP) is 4.98. The second kappa shape index (κ2) is 10.6. The Hall–Kier alpha value is -0.0800. The Morgan fingerprint density at radius 3 is 2.05 bits per heavy atom. The molecule has 1 heterocycles. The first-order chi connectivity index (χ1) is 10.1. The first kappa shape index (κ1) is 19.0. The van der Waals surface area contributed by atoms with E-state index < -0.39 is 0 Å². The predicted molar refractivity (Wildman–Crippen MR) is 95.0 cm³/mol. The van der Waals surface area contributed by atoms with E-state index in [0.29, 0.717) is 11.6 Å². The summed E-state index contributed by atoms with van der Waals surface area (Å²) in [5.74, 6) is 0. The number of nitrogens with one attached hydrogen (secondary N) is 1. The van der Waals surface area contributed by atoms with Crippen molar-refractivity contribution < 1.29 is 0 Å². The van der Waals surface area contributed by atoms with Crippen LogP contribution in [-0.4, -0.2) is 36.6 Å². The summed E-state index contributed by atoms with van der Waals surface area (Å²) >= 11 is 0. The molecule has 0 radical (unpaired) electrons. The fourth-order valence-electron chi connectivity index (χ4n) is 3.85. The zero-order chi connectivity index (χ0) is 15.6. The van der Waals surface area contributed by atoms with Gasteiger partial charge in [0.15, 0.2) is 0 Å². The Kier molecular flexibility index (Phi) is 9.59. The third kappa shape index (κ3) is 6.69. The highest BCUT2D eigenvalue weighted by molar-refractivity contribution is 4.93. The Bertz CT molecular complexity index is 244. The lowest BCUT2D eigenvalue weighted by Gasteiger charge is -2.46. The number of rotatable bonds is 11. The van der Waals surface area contributed by atoms with Gasteiger partial charge in [0.2, 0.25) is 0 Å². The minimum Gasteiger partial charge on any atom is -0.315 e. The average molecular weight is 297 g/mol. The molecule has 21 heavy (non-hydrogen) atoms.